The monoisotopic (exact) mass is 509 g/mol. The van der Waals surface area contributed by atoms with Gasteiger partial charge in [-0.25, -0.2) is 18.7 Å². The van der Waals surface area contributed by atoms with E-state index in [0.717, 1.165) is 12.1 Å². The van der Waals surface area contributed by atoms with Crippen molar-refractivity contribution in [2.24, 2.45) is 5.73 Å². The molecule has 10 nitrogen and oxygen atoms in total. The second-order valence-corrected chi connectivity index (χ2v) is 8.49. The van der Waals surface area contributed by atoms with Crippen molar-refractivity contribution in [3.63, 3.8) is 0 Å². The molecule has 0 unspecified atom stereocenters. The molecule has 3 aromatic rings. The van der Waals surface area contributed by atoms with E-state index in [-0.39, 0.29) is 47.1 Å². The van der Waals surface area contributed by atoms with Gasteiger partial charge in [0, 0.05) is 56.6 Å². The number of nitrogens with two attached hydrogens (primary N) is 1. The lowest BCUT2D eigenvalue weighted by molar-refractivity contribution is -0.127. The fourth-order valence-electron chi connectivity index (χ4n) is 3.78. The molecule has 1 aliphatic rings. The van der Waals surface area contributed by atoms with Gasteiger partial charge in [-0.15, -0.1) is 0 Å². The number of halogens is 2. The Balaban J connectivity index is 1.48. The molecule has 0 saturated carbocycles. The van der Waals surface area contributed by atoms with Gasteiger partial charge in [0.05, 0.1) is 16.8 Å². The standard InChI is InChI=1S/C25H25F2N7O3/c1-33-8-7-23(35)34(10-9-33)25(37)15-5-6-21(30-12-15)32-22-11-20(17(14-31-22)24(28)36)29-13-16-18(26)3-2-4-19(16)27/h2-6,11-12,14H,7-10,13H2,1H3,(H2,28,36)(H2,29,30,31,32). The molecular weight excluding hydrogens is 484 g/mol. The van der Waals surface area contributed by atoms with Crippen LogP contribution in [0.1, 0.15) is 32.7 Å². The van der Waals surface area contributed by atoms with Gasteiger partial charge in [-0.1, -0.05) is 6.07 Å². The van der Waals surface area contributed by atoms with E-state index in [1.807, 2.05) is 11.9 Å². The van der Waals surface area contributed by atoms with E-state index in [9.17, 15) is 23.2 Å². The van der Waals surface area contributed by atoms with Crippen molar-refractivity contribution in [2.75, 3.05) is 37.3 Å². The number of anilines is 3. The average Bonchev–Trinajstić information content (AvgIpc) is 3.04. The number of benzene rings is 1. The van der Waals surface area contributed by atoms with E-state index >= 15 is 0 Å². The normalized spacial score (nSPS) is 14.2. The van der Waals surface area contributed by atoms with E-state index in [2.05, 4.69) is 20.6 Å². The third kappa shape index (κ3) is 6.04. The molecule has 0 aliphatic carbocycles. The average molecular weight is 510 g/mol. The Morgan fingerprint density at radius 3 is 2.43 bits per heavy atom. The zero-order valence-electron chi connectivity index (χ0n) is 20.0. The summed E-state index contributed by atoms with van der Waals surface area (Å²) in [6.07, 6.45) is 2.84. The predicted octanol–water partition coefficient (Wildman–Crippen LogP) is 2.51. The molecule has 2 aromatic heterocycles. The Bertz CT molecular complexity index is 1310. The maximum Gasteiger partial charge on any atom is 0.262 e. The first-order valence-electron chi connectivity index (χ1n) is 11.5. The van der Waals surface area contributed by atoms with E-state index in [4.69, 9.17) is 5.73 Å². The second-order valence-electron chi connectivity index (χ2n) is 8.49. The number of nitrogens with one attached hydrogen (secondary N) is 2. The molecule has 4 N–H and O–H groups in total. The van der Waals surface area contributed by atoms with Crippen LogP contribution < -0.4 is 16.4 Å². The topological polar surface area (TPSA) is 134 Å². The van der Waals surface area contributed by atoms with Crippen LogP contribution in [0.3, 0.4) is 0 Å². The molecule has 37 heavy (non-hydrogen) atoms. The van der Waals surface area contributed by atoms with Crippen molar-refractivity contribution >= 4 is 35.0 Å². The van der Waals surface area contributed by atoms with Gasteiger partial charge in [0.1, 0.15) is 23.3 Å². The lowest BCUT2D eigenvalue weighted by atomic mass is 10.1. The van der Waals surface area contributed by atoms with Crippen molar-refractivity contribution in [3.05, 3.63) is 77.1 Å². The number of amides is 3. The maximum atomic E-state index is 14.0. The van der Waals surface area contributed by atoms with Gasteiger partial charge in [0.15, 0.2) is 0 Å². The molecular formula is C25H25F2N7O3. The van der Waals surface area contributed by atoms with Crippen LogP contribution in [0.2, 0.25) is 0 Å². The van der Waals surface area contributed by atoms with Gasteiger partial charge in [-0.2, -0.15) is 0 Å². The third-order valence-corrected chi connectivity index (χ3v) is 5.91. The fourth-order valence-corrected chi connectivity index (χ4v) is 3.78. The number of aromatic nitrogens is 2. The molecule has 0 radical (unpaired) electrons. The van der Waals surface area contributed by atoms with Crippen molar-refractivity contribution in [2.45, 2.75) is 13.0 Å². The number of pyridine rings is 2. The first kappa shape index (κ1) is 25.6. The van der Waals surface area contributed by atoms with Crippen LogP contribution >= 0.6 is 0 Å². The number of hydrogen-bond donors (Lipinski definition) is 3. The molecule has 0 spiro atoms. The molecule has 3 amide bonds. The number of likely N-dealkylation sites (N-methyl/N-ethyl adjacent to an activating group) is 1. The number of imide groups is 1. The van der Waals surface area contributed by atoms with Gasteiger partial charge in [-0.3, -0.25) is 19.3 Å². The number of primary amides is 1. The minimum Gasteiger partial charge on any atom is -0.380 e. The zero-order valence-corrected chi connectivity index (χ0v) is 20.0. The molecule has 3 heterocycles. The number of carbonyl (C=O) groups is 3. The van der Waals surface area contributed by atoms with Crippen LogP contribution in [0.5, 0.6) is 0 Å². The highest BCUT2D eigenvalue weighted by molar-refractivity contribution is 6.04. The molecule has 192 valence electrons. The molecule has 1 aliphatic heterocycles. The number of hydrogen-bond acceptors (Lipinski definition) is 8. The number of rotatable bonds is 7. The van der Waals surface area contributed by atoms with Crippen LogP contribution in [-0.4, -0.2) is 64.2 Å². The minimum absolute atomic E-state index is 0.0314. The van der Waals surface area contributed by atoms with Gasteiger partial charge in [0.25, 0.3) is 11.8 Å². The highest BCUT2D eigenvalue weighted by atomic mass is 19.1. The molecule has 1 fully saturated rings. The van der Waals surface area contributed by atoms with E-state index in [1.165, 1.54) is 35.5 Å². The minimum atomic E-state index is -0.772. The first-order chi connectivity index (χ1) is 17.7. The summed E-state index contributed by atoms with van der Waals surface area (Å²) < 4.78 is 28.0. The lowest BCUT2D eigenvalue weighted by Gasteiger charge is -2.18. The van der Waals surface area contributed by atoms with Crippen LogP contribution in [0, 0.1) is 11.6 Å². The van der Waals surface area contributed by atoms with E-state index < -0.39 is 23.4 Å². The number of nitrogens with zero attached hydrogens (tertiary/aromatic N) is 4. The van der Waals surface area contributed by atoms with Gasteiger partial charge in [-0.05, 0) is 31.3 Å². The van der Waals surface area contributed by atoms with Crippen molar-refractivity contribution in [1.29, 1.82) is 0 Å². The quantitative estimate of drug-likeness (QED) is 0.414. The van der Waals surface area contributed by atoms with Crippen molar-refractivity contribution < 1.29 is 23.2 Å². The van der Waals surface area contributed by atoms with Gasteiger partial charge < -0.3 is 21.3 Å². The van der Waals surface area contributed by atoms with Gasteiger partial charge in [0.2, 0.25) is 5.91 Å². The van der Waals surface area contributed by atoms with Crippen molar-refractivity contribution in [1.82, 2.24) is 19.8 Å². The Labute approximate surface area is 211 Å². The van der Waals surface area contributed by atoms with E-state index in [1.54, 1.807) is 6.07 Å². The molecule has 1 saturated heterocycles. The van der Waals surface area contributed by atoms with E-state index in [0.29, 0.717) is 25.5 Å². The molecule has 4 rings (SSSR count). The molecule has 1 aromatic carbocycles. The predicted molar refractivity (Wildman–Crippen MR) is 132 cm³/mol. The summed E-state index contributed by atoms with van der Waals surface area (Å²) in [5, 5.41) is 5.77. The van der Waals surface area contributed by atoms with Crippen LogP contribution in [-0.2, 0) is 11.3 Å². The summed E-state index contributed by atoms with van der Waals surface area (Å²) in [5.74, 6) is -2.28. The molecule has 12 heteroatoms. The van der Waals surface area contributed by atoms with Crippen LogP contribution in [0.15, 0.2) is 48.8 Å². The second kappa shape index (κ2) is 11.1. The summed E-state index contributed by atoms with van der Waals surface area (Å²) in [6, 6.07) is 8.07. The molecule has 0 bridgehead atoms. The first-order valence-corrected chi connectivity index (χ1v) is 11.5. The van der Waals surface area contributed by atoms with Crippen LogP contribution in [0.4, 0.5) is 26.1 Å². The Morgan fingerprint density at radius 1 is 1.03 bits per heavy atom. The lowest BCUT2D eigenvalue weighted by Crippen LogP contribution is -2.38. The SMILES string of the molecule is CN1CCC(=O)N(C(=O)c2ccc(Nc3cc(NCc4c(F)cccc4F)c(C(N)=O)cn3)nc2)CC1. The highest BCUT2D eigenvalue weighted by Crippen LogP contribution is 2.23. The van der Waals surface area contributed by atoms with Crippen molar-refractivity contribution in [3.8, 4) is 0 Å². The smallest absolute Gasteiger partial charge is 0.262 e. The van der Waals surface area contributed by atoms with Gasteiger partial charge >= 0.3 is 0 Å². The Hall–Kier alpha value is -4.45. The Morgan fingerprint density at radius 2 is 1.76 bits per heavy atom. The summed E-state index contributed by atoms with van der Waals surface area (Å²) in [7, 11) is 1.90. The summed E-state index contributed by atoms with van der Waals surface area (Å²) >= 11 is 0. The maximum absolute atomic E-state index is 14.0. The highest BCUT2D eigenvalue weighted by Gasteiger charge is 2.26. The zero-order chi connectivity index (χ0) is 26.5. The largest absolute Gasteiger partial charge is 0.380 e. The fraction of sp³-hybridized carbons (Fsp3) is 0.240. The van der Waals surface area contributed by atoms with Crippen LogP contribution in [0.25, 0.3) is 0 Å². The summed E-state index contributed by atoms with van der Waals surface area (Å²) in [4.78, 5) is 48.6. The summed E-state index contributed by atoms with van der Waals surface area (Å²) in [5.41, 5.74) is 5.73. The summed E-state index contributed by atoms with van der Waals surface area (Å²) in [6.45, 7) is 1.26. The third-order valence-electron chi connectivity index (χ3n) is 5.91. The molecule has 0 atom stereocenters. The number of carbonyl (C=O) groups excluding carboxylic acids is 3. The Kier molecular flexibility index (Phi) is 7.68.